The van der Waals surface area contributed by atoms with Crippen LogP contribution in [0.1, 0.15) is 0 Å². The zero-order valence-electron chi connectivity index (χ0n) is 3.67. The van der Waals surface area contributed by atoms with Gasteiger partial charge in [0.15, 0.2) is 0 Å². The molecular weight excluding hydrogens is 116 g/mol. The van der Waals surface area contributed by atoms with Gasteiger partial charge in [0.25, 0.3) is 0 Å². The molecule has 0 aromatic rings. The van der Waals surface area contributed by atoms with Gasteiger partial charge in [-0.05, 0) is 0 Å². The van der Waals surface area contributed by atoms with Crippen molar-refractivity contribution in [3.8, 4) is 0 Å². The lowest BCUT2D eigenvalue weighted by atomic mass is 10.6. The van der Waals surface area contributed by atoms with Crippen LogP contribution in [-0.4, -0.2) is 17.0 Å². The first-order chi connectivity index (χ1) is 3.72. The third-order valence-electron chi connectivity index (χ3n) is 0.400. The summed E-state index contributed by atoms with van der Waals surface area (Å²) in [5.74, 6) is -2.80. The van der Waals surface area contributed by atoms with Crippen molar-refractivity contribution in [2.24, 2.45) is 0 Å². The SMILES string of the molecule is O=C(N[O-])C(=O)NO. The van der Waals surface area contributed by atoms with E-state index in [1.165, 1.54) is 0 Å². The van der Waals surface area contributed by atoms with E-state index in [1.54, 1.807) is 0 Å². The van der Waals surface area contributed by atoms with Gasteiger partial charge >= 0.3 is 11.8 Å². The van der Waals surface area contributed by atoms with Crippen LogP contribution < -0.4 is 11.0 Å². The van der Waals surface area contributed by atoms with Crippen LogP contribution in [0, 0.1) is 5.21 Å². The monoisotopic (exact) mass is 119 g/mol. The minimum Gasteiger partial charge on any atom is -0.759 e. The summed E-state index contributed by atoms with van der Waals surface area (Å²) in [5.41, 5.74) is 1.72. The normalized spacial score (nSPS) is 7.75. The van der Waals surface area contributed by atoms with Crippen molar-refractivity contribution in [1.82, 2.24) is 11.0 Å². The van der Waals surface area contributed by atoms with E-state index in [2.05, 4.69) is 0 Å². The molecule has 3 N–H and O–H groups in total. The molecule has 2 amide bonds. The molecule has 0 aliphatic carbocycles. The van der Waals surface area contributed by atoms with Gasteiger partial charge in [0.2, 0.25) is 0 Å². The highest BCUT2D eigenvalue weighted by molar-refractivity contribution is 6.34. The van der Waals surface area contributed by atoms with Gasteiger partial charge < -0.3 is 10.7 Å². The average Bonchev–Trinajstić information content (AvgIpc) is 1.84. The van der Waals surface area contributed by atoms with Crippen LogP contribution in [0.2, 0.25) is 0 Å². The van der Waals surface area contributed by atoms with Crippen LogP contribution in [0.25, 0.3) is 0 Å². The highest BCUT2D eigenvalue weighted by Crippen LogP contribution is 1.60. The van der Waals surface area contributed by atoms with E-state index in [1.807, 2.05) is 0 Å². The molecule has 0 aliphatic rings. The quantitative estimate of drug-likeness (QED) is 0.197. The maximum absolute atomic E-state index is 9.77. The minimum atomic E-state index is -1.42. The average molecular weight is 119 g/mol. The molecule has 0 aliphatic heterocycles. The maximum atomic E-state index is 9.77. The highest BCUT2D eigenvalue weighted by Gasteiger charge is 2.05. The standard InChI is InChI=1S/C2H3N2O4/c5-1(3-7)2(6)4-8/h(H3-,3,4,5,6,7,8)/q-1. The molecule has 0 radical (unpaired) electrons. The van der Waals surface area contributed by atoms with Crippen LogP contribution in [0.4, 0.5) is 0 Å². The van der Waals surface area contributed by atoms with Gasteiger partial charge in [-0.1, -0.05) is 0 Å². The summed E-state index contributed by atoms with van der Waals surface area (Å²) >= 11 is 0. The summed E-state index contributed by atoms with van der Waals surface area (Å²) in [6.45, 7) is 0. The van der Waals surface area contributed by atoms with Gasteiger partial charge in [-0.2, -0.15) is 0 Å². The number of carbonyl (C=O) groups is 2. The third-order valence-corrected chi connectivity index (χ3v) is 0.400. The van der Waals surface area contributed by atoms with Gasteiger partial charge in [0, 0.05) is 0 Å². The first kappa shape index (κ1) is 6.86. The Kier molecular flexibility index (Phi) is 2.52. The van der Waals surface area contributed by atoms with Gasteiger partial charge in [-0.25, -0.2) is 5.48 Å². The smallest absolute Gasteiger partial charge is 0.331 e. The van der Waals surface area contributed by atoms with Gasteiger partial charge in [-0.15, -0.1) is 0 Å². The Bertz CT molecular complexity index is 96.6. The number of hydrogen-bond acceptors (Lipinski definition) is 4. The zero-order valence-corrected chi connectivity index (χ0v) is 3.67. The number of carbonyl (C=O) groups excluding carboxylic acids is 2. The molecule has 6 nitrogen and oxygen atoms in total. The fourth-order valence-corrected chi connectivity index (χ4v) is 0.0971. The fourth-order valence-electron chi connectivity index (χ4n) is 0.0971. The molecule has 0 bridgehead atoms. The summed E-state index contributed by atoms with van der Waals surface area (Å²) in [6.07, 6.45) is 0. The first-order valence-electron chi connectivity index (χ1n) is 1.59. The summed E-state index contributed by atoms with van der Waals surface area (Å²) in [5, 5.41) is 16.9. The van der Waals surface area contributed by atoms with Crippen LogP contribution in [0.5, 0.6) is 0 Å². The second kappa shape index (κ2) is 2.94. The molecule has 6 heteroatoms. The van der Waals surface area contributed by atoms with Crippen molar-refractivity contribution in [3.63, 3.8) is 0 Å². The van der Waals surface area contributed by atoms with Gasteiger partial charge in [-0.3, -0.25) is 14.8 Å². The van der Waals surface area contributed by atoms with Crippen LogP contribution in [0.15, 0.2) is 0 Å². The summed E-state index contributed by atoms with van der Waals surface area (Å²) in [7, 11) is 0. The highest BCUT2D eigenvalue weighted by atomic mass is 16.5. The molecule has 0 spiro atoms. The Morgan fingerprint density at radius 3 is 2.00 bits per heavy atom. The molecule has 0 unspecified atom stereocenters. The van der Waals surface area contributed by atoms with Crippen molar-refractivity contribution in [1.29, 1.82) is 0 Å². The van der Waals surface area contributed by atoms with E-state index in [4.69, 9.17) is 5.21 Å². The van der Waals surface area contributed by atoms with E-state index in [9.17, 15) is 14.8 Å². The van der Waals surface area contributed by atoms with Crippen molar-refractivity contribution in [3.05, 3.63) is 5.21 Å². The number of nitrogens with one attached hydrogen (secondary N) is 2. The lowest BCUT2D eigenvalue weighted by Gasteiger charge is -2.02. The number of rotatable bonds is 0. The predicted molar refractivity (Wildman–Crippen MR) is 21.4 cm³/mol. The molecular formula is C2H3N2O4-. The molecule has 0 saturated carbocycles. The number of amides is 2. The molecule has 8 heavy (non-hydrogen) atoms. The lowest BCUT2D eigenvalue weighted by molar-refractivity contribution is -0.143. The van der Waals surface area contributed by atoms with Gasteiger partial charge in [0.1, 0.15) is 0 Å². The molecule has 0 fully saturated rings. The molecule has 0 rings (SSSR count). The minimum absolute atomic E-state index is 0.755. The molecule has 0 aromatic heterocycles. The molecule has 0 heterocycles. The summed E-state index contributed by atoms with van der Waals surface area (Å²) in [6, 6.07) is 0. The third kappa shape index (κ3) is 1.54. The largest absolute Gasteiger partial charge is 0.759 e. The van der Waals surface area contributed by atoms with E-state index in [0.717, 1.165) is 11.0 Å². The predicted octanol–water partition coefficient (Wildman–Crippen LogP) is -1.89. The van der Waals surface area contributed by atoms with Crippen LogP contribution >= 0.6 is 0 Å². The maximum Gasteiger partial charge on any atom is 0.331 e. The zero-order chi connectivity index (χ0) is 6.57. The summed E-state index contributed by atoms with van der Waals surface area (Å²) < 4.78 is 0. The topological polar surface area (TPSA) is 101 Å². The fraction of sp³-hybridized carbons (Fsp3) is 0. The summed E-state index contributed by atoms with van der Waals surface area (Å²) in [4.78, 5) is 19.5. The van der Waals surface area contributed by atoms with Crippen molar-refractivity contribution in [2.45, 2.75) is 0 Å². The van der Waals surface area contributed by atoms with Crippen molar-refractivity contribution >= 4 is 11.8 Å². The van der Waals surface area contributed by atoms with Gasteiger partial charge in [0.05, 0.1) is 0 Å². The van der Waals surface area contributed by atoms with Crippen LogP contribution in [0.3, 0.4) is 0 Å². The van der Waals surface area contributed by atoms with E-state index in [-0.39, 0.29) is 0 Å². The second-order valence-electron chi connectivity index (χ2n) is 0.872. The molecule has 0 atom stereocenters. The molecule has 0 saturated heterocycles. The van der Waals surface area contributed by atoms with E-state index >= 15 is 0 Å². The van der Waals surface area contributed by atoms with E-state index in [0.29, 0.717) is 0 Å². The van der Waals surface area contributed by atoms with Crippen LogP contribution in [-0.2, 0) is 9.59 Å². The molecule has 0 aromatic carbocycles. The molecule has 46 valence electrons. The second-order valence-corrected chi connectivity index (χ2v) is 0.872. The Labute approximate surface area is 44.0 Å². The van der Waals surface area contributed by atoms with Crippen molar-refractivity contribution < 1.29 is 14.8 Å². The number of hydroxylamine groups is 2. The van der Waals surface area contributed by atoms with Crippen molar-refractivity contribution in [2.75, 3.05) is 0 Å². The Morgan fingerprint density at radius 1 is 1.38 bits per heavy atom. The Hall–Kier alpha value is -1.14. The van der Waals surface area contributed by atoms with E-state index < -0.39 is 11.8 Å². The Balaban J connectivity index is 3.64. The first-order valence-corrected chi connectivity index (χ1v) is 1.59. The lowest BCUT2D eigenvalue weighted by Crippen LogP contribution is -2.35. The number of hydrogen-bond donors (Lipinski definition) is 3. The Morgan fingerprint density at radius 2 is 1.88 bits per heavy atom.